The first kappa shape index (κ1) is 22.6. The first-order valence-electron chi connectivity index (χ1n) is 9.64. The number of ether oxygens (including phenoxy) is 3. The van der Waals surface area contributed by atoms with Gasteiger partial charge in [-0.25, -0.2) is 4.79 Å². The van der Waals surface area contributed by atoms with Crippen molar-refractivity contribution in [3.63, 3.8) is 0 Å². The van der Waals surface area contributed by atoms with Crippen LogP contribution in [0.2, 0.25) is 0 Å². The predicted octanol–water partition coefficient (Wildman–Crippen LogP) is 2.84. The van der Waals surface area contributed by atoms with E-state index in [-0.39, 0.29) is 18.8 Å². The predicted molar refractivity (Wildman–Crippen MR) is 117 cm³/mol. The van der Waals surface area contributed by atoms with Gasteiger partial charge in [-0.05, 0) is 48.0 Å². The number of benzene rings is 2. The molecule has 0 saturated carbocycles. The molecule has 0 spiro atoms. The Bertz CT molecular complexity index is 992. The average Bonchev–Trinajstić information content (AvgIpc) is 3.05. The van der Waals surface area contributed by atoms with Crippen LogP contribution in [0, 0.1) is 0 Å². The molecule has 0 saturated heterocycles. The molecule has 0 aromatic heterocycles. The summed E-state index contributed by atoms with van der Waals surface area (Å²) >= 11 is 3.32. The minimum atomic E-state index is -0.706. The lowest BCUT2D eigenvalue weighted by molar-refractivity contribution is -0.150. The third-order valence-electron chi connectivity index (χ3n) is 4.36. The van der Waals surface area contributed by atoms with Gasteiger partial charge in [0.25, 0.3) is 5.91 Å². The zero-order valence-electron chi connectivity index (χ0n) is 17.2. The number of esters is 1. The molecule has 164 valence electrons. The number of anilines is 1. The summed E-state index contributed by atoms with van der Waals surface area (Å²) in [7, 11) is 0. The maximum Gasteiger partial charge on any atom is 0.344 e. The van der Waals surface area contributed by atoms with Gasteiger partial charge in [0.05, 0.1) is 12.2 Å². The topological polar surface area (TPSA) is 103 Å². The Balaban J connectivity index is 1.38. The average molecular weight is 491 g/mol. The van der Waals surface area contributed by atoms with Gasteiger partial charge in [0.2, 0.25) is 5.91 Å². The number of para-hydroxylation sites is 2. The summed E-state index contributed by atoms with van der Waals surface area (Å²) < 4.78 is 17.0. The number of carbonyl (C=O) groups is 3. The van der Waals surface area contributed by atoms with Crippen molar-refractivity contribution in [3.8, 4) is 11.5 Å². The van der Waals surface area contributed by atoms with E-state index in [0.717, 1.165) is 16.5 Å². The fourth-order valence-electron chi connectivity index (χ4n) is 3.01. The molecule has 3 rings (SSSR count). The zero-order valence-corrected chi connectivity index (χ0v) is 18.8. The van der Waals surface area contributed by atoms with E-state index < -0.39 is 24.4 Å². The van der Waals surface area contributed by atoms with E-state index in [2.05, 4.69) is 26.6 Å². The van der Waals surface area contributed by atoms with Crippen LogP contribution in [0.3, 0.4) is 0 Å². The number of nitrogens with one attached hydrogen (secondary N) is 2. The number of fused-ring (bicyclic) bond motifs is 1. The van der Waals surface area contributed by atoms with Gasteiger partial charge >= 0.3 is 5.97 Å². The molecule has 0 atom stereocenters. The van der Waals surface area contributed by atoms with Gasteiger partial charge in [0, 0.05) is 16.5 Å². The molecule has 8 nitrogen and oxygen atoms in total. The van der Waals surface area contributed by atoms with E-state index in [1.807, 2.05) is 32.0 Å². The second-order valence-electron chi connectivity index (χ2n) is 7.54. The van der Waals surface area contributed by atoms with E-state index in [1.54, 1.807) is 24.3 Å². The molecule has 0 aliphatic carbocycles. The summed E-state index contributed by atoms with van der Waals surface area (Å²) in [5, 5.41) is 5.04. The van der Waals surface area contributed by atoms with Gasteiger partial charge in [0.15, 0.2) is 24.7 Å². The monoisotopic (exact) mass is 490 g/mol. The standard InChI is InChI=1S/C22H23BrN2O6/c1-22(2)10-14-6-5-9-17(21(14)31-22)29-13-20(28)30-12-19(27)24-11-18(26)25-16-8-4-3-7-15(16)23/h3-9H,10-13H2,1-2H3,(H,24,27)(H,25,26). The van der Waals surface area contributed by atoms with E-state index in [4.69, 9.17) is 14.2 Å². The van der Waals surface area contributed by atoms with E-state index in [9.17, 15) is 14.4 Å². The van der Waals surface area contributed by atoms with Crippen LogP contribution in [-0.4, -0.2) is 43.1 Å². The molecule has 31 heavy (non-hydrogen) atoms. The summed E-state index contributed by atoms with van der Waals surface area (Å²) in [6, 6.07) is 12.6. The van der Waals surface area contributed by atoms with Crippen LogP contribution in [-0.2, 0) is 25.5 Å². The summed E-state index contributed by atoms with van der Waals surface area (Å²) in [4.78, 5) is 35.7. The van der Waals surface area contributed by atoms with Crippen LogP contribution in [0.25, 0.3) is 0 Å². The largest absolute Gasteiger partial charge is 0.483 e. The highest BCUT2D eigenvalue weighted by Gasteiger charge is 2.32. The quantitative estimate of drug-likeness (QED) is 0.551. The van der Waals surface area contributed by atoms with Crippen LogP contribution in [0.15, 0.2) is 46.9 Å². The molecule has 9 heteroatoms. The zero-order chi connectivity index (χ0) is 22.4. The first-order chi connectivity index (χ1) is 14.7. The molecule has 0 fully saturated rings. The van der Waals surface area contributed by atoms with Gasteiger partial charge in [-0.1, -0.05) is 24.3 Å². The summed E-state index contributed by atoms with van der Waals surface area (Å²) in [5.41, 5.74) is 1.27. The fourth-order valence-corrected chi connectivity index (χ4v) is 3.40. The highest BCUT2D eigenvalue weighted by molar-refractivity contribution is 9.10. The smallest absolute Gasteiger partial charge is 0.344 e. The number of rotatable bonds is 8. The van der Waals surface area contributed by atoms with Crippen molar-refractivity contribution in [2.24, 2.45) is 0 Å². The van der Waals surface area contributed by atoms with E-state index in [0.29, 0.717) is 17.2 Å². The second kappa shape index (κ2) is 9.82. The van der Waals surface area contributed by atoms with Crippen molar-refractivity contribution in [1.82, 2.24) is 5.32 Å². The molecule has 2 N–H and O–H groups in total. The molecule has 1 aliphatic rings. The minimum absolute atomic E-state index is 0.252. The molecular weight excluding hydrogens is 468 g/mol. The highest BCUT2D eigenvalue weighted by atomic mass is 79.9. The Labute approximate surface area is 188 Å². The minimum Gasteiger partial charge on any atom is -0.483 e. The van der Waals surface area contributed by atoms with Gasteiger partial charge in [-0.3, -0.25) is 9.59 Å². The van der Waals surface area contributed by atoms with Crippen molar-refractivity contribution in [1.29, 1.82) is 0 Å². The maximum absolute atomic E-state index is 11.9. The van der Waals surface area contributed by atoms with Crippen molar-refractivity contribution < 1.29 is 28.6 Å². The molecule has 2 aromatic carbocycles. The lowest BCUT2D eigenvalue weighted by atomic mass is 10.0. The SMILES string of the molecule is CC1(C)Cc2cccc(OCC(=O)OCC(=O)NCC(=O)Nc3ccccc3Br)c2O1. The molecule has 0 unspecified atom stereocenters. The second-order valence-corrected chi connectivity index (χ2v) is 8.39. The molecule has 1 aliphatic heterocycles. The van der Waals surface area contributed by atoms with E-state index >= 15 is 0 Å². The number of halogens is 1. The van der Waals surface area contributed by atoms with Gasteiger partial charge in [-0.2, -0.15) is 0 Å². The Kier molecular flexibility index (Phi) is 7.17. The normalized spacial score (nSPS) is 13.5. The van der Waals surface area contributed by atoms with Crippen LogP contribution >= 0.6 is 15.9 Å². The molecule has 0 bridgehead atoms. The van der Waals surface area contributed by atoms with Crippen LogP contribution < -0.4 is 20.1 Å². The summed E-state index contributed by atoms with van der Waals surface area (Å²) in [6.07, 6.45) is 0.749. The lowest BCUT2D eigenvalue weighted by Gasteiger charge is -2.18. The maximum atomic E-state index is 11.9. The lowest BCUT2D eigenvalue weighted by Crippen LogP contribution is -2.36. The van der Waals surface area contributed by atoms with E-state index in [1.165, 1.54) is 0 Å². The van der Waals surface area contributed by atoms with Crippen molar-refractivity contribution in [2.75, 3.05) is 25.1 Å². The Morgan fingerprint density at radius 1 is 1.06 bits per heavy atom. The Morgan fingerprint density at radius 3 is 2.61 bits per heavy atom. The van der Waals surface area contributed by atoms with Crippen LogP contribution in [0.1, 0.15) is 19.4 Å². The fraction of sp³-hybridized carbons (Fsp3) is 0.318. The van der Waals surface area contributed by atoms with Gasteiger partial charge < -0.3 is 24.8 Å². The van der Waals surface area contributed by atoms with Crippen molar-refractivity contribution in [2.45, 2.75) is 25.9 Å². The number of carbonyl (C=O) groups excluding carboxylic acids is 3. The molecule has 2 amide bonds. The van der Waals surface area contributed by atoms with Crippen LogP contribution in [0.5, 0.6) is 11.5 Å². The number of amides is 2. The van der Waals surface area contributed by atoms with Gasteiger partial charge in [-0.15, -0.1) is 0 Å². The summed E-state index contributed by atoms with van der Waals surface area (Å²) in [6.45, 7) is 2.82. The van der Waals surface area contributed by atoms with Gasteiger partial charge in [0.1, 0.15) is 5.60 Å². The summed E-state index contributed by atoms with van der Waals surface area (Å²) in [5.74, 6) is -0.637. The highest BCUT2D eigenvalue weighted by Crippen LogP contribution is 2.41. The number of hydrogen-bond acceptors (Lipinski definition) is 6. The molecule has 1 heterocycles. The third-order valence-corrected chi connectivity index (χ3v) is 5.05. The Morgan fingerprint density at radius 2 is 1.84 bits per heavy atom. The molecule has 2 aromatic rings. The third kappa shape index (κ3) is 6.45. The molecule has 0 radical (unpaired) electrons. The number of hydrogen-bond donors (Lipinski definition) is 2. The molecular formula is C22H23BrN2O6. The Hall–Kier alpha value is -3.07. The van der Waals surface area contributed by atoms with Crippen molar-refractivity contribution in [3.05, 3.63) is 52.5 Å². The van der Waals surface area contributed by atoms with Crippen LogP contribution in [0.4, 0.5) is 5.69 Å². The van der Waals surface area contributed by atoms with Crippen molar-refractivity contribution >= 4 is 39.4 Å². The first-order valence-corrected chi connectivity index (χ1v) is 10.4.